The fraction of sp³-hybridized carbons (Fsp3) is 0.562. The molecule has 0 atom stereocenters. The summed E-state index contributed by atoms with van der Waals surface area (Å²) in [5, 5.41) is 8.16. The predicted octanol–water partition coefficient (Wildman–Crippen LogP) is 1.74. The summed E-state index contributed by atoms with van der Waals surface area (Å²) in [6.45, 7) is 3.66. The minimum absolute atomic E-state index is 0.161. The quantitative estimate of drug-likeness (QED) is 0.867. The second-order valence-corrected chi connectivity index (χ2v) is 6.01. The Kier molecular flexibility index (Phi) is 4.00. The molecule has 2 aromatic rings. The number of carbonyl (C=O) groups is 1. The molecule has 1 amide bonds. The van der Waals surface area contributed by atoms with Crippen molar-refractivity contribution in [3.05, 3.63) is 35.7 Å². The van der Waals surface area contributed by atoms with E-state index in [9.17, 15) is 4.79 Å². The lowest BCUT2D eigenvalue weighted by Crippen LogP contribution is -2.38. The van der Waals surface area contributed by atoms with E-state index in [-0.39, 0.29) is 5.91 Å². The molecular formula is C16H23N5O. The normalized spacial score (nSPS) is 16.2. The molecule has 0 N–H and O–H groups in total. The van der Waals surface area contributed by atoms with Crippen molar-refractivity contribution >= 4 is 5.91 Å². The van der Waals surface area contributed by atoms with Crippen LogP contribution >= 0.6 is 0 Å². The van der Waals surface area contributed by atoms with Crippen LogP contribution in [-0.2, 0) is 20.5 Å². The summed E-state index contributed by atoms with van der Waals surface area (Å²) in [4.78, 5) is 14.7. The molecule has 22 heavy (non-hydrogen) atoms. The van der Waals surface area contributed by atoms with E-state index in [1.54, 1.807) is 6.33 Å². The van der Waals surface area contributed by atoms with E-state index in [2.05, 4.69) is 17.1 Å². The first-order valence-electron chi connectivity index (χ1n) is 7.89. The molecule has 1 fully saturated rings. The molecule has 0 unspecified atom stereocenters. The molecule has 0 bridgehead atoms. The summed E-state index contributed by atoms with van der Waals surface area (Å²) < 4.78 is 4.02. The van der Waals surface area contributed by atoms with Crippen LogP contribution in [0.25, 0.3) is 0 Å². The van der Waals surface area contributed by atoms with Crippen molar-refractivity contribution in [2.75, 3.05) is 13.1 Å². The Balaban J connectivity index is 1.68. The highest BCUT2D eigenvalue weighted by Crippen LogP contribution is 2.27. The van der Waals surface area contributed by atoms with Crippen LogP contribution in [0, 0.1) is 0 Å². The second kappa shape index (κ2) is 5.94. The number of hydrogen-bond acceptors (Lipinski definition) is 3. The number of amides is 1. The zero-order valence-electron chi connectivity index (χ0n) is 13.5. The van der Waals surface area contributed by atoms with Gasteiger partial charge in [0.1, 0.15) is 12.2 Å². The molecule has 1 aliphatic rings. The largest absolute Gasteiger partial charge is 0.354 e. The molecule has 1 aliphatic heterocycles. The van der Waals surface area contributed by atoms with Gasteiger partial charge in [0.2, 0.25) is 0 Å². The first-order valence-corrected chi connectivity index (χ1v) is 7.89. The van der Waals surface area contributed by atoms with Gasteiger partial charge in [0.25, 0.3) is 5.91 Å². The molecule has 0 aliphatic carbocycles. The minimum atomic E-state index is 0.161. The maximum atomic E-state index is 12.7. The first-order chi connectivity index (χ1) is 10.6. The Labute approximate surface area is 130 Å². The summed E-state index contributed by atoms with van der Waals surface area (Å²) in [6, 6.07) is 1.94. The monoisotopic (exact) mass is 301 g/mol. The van der Waals surface area contributed by atoms with Crippen LogP contribution in [0.3, 0.4) is 0 Å². The highest BCUT2D eigenvalue weighted by molar-refractivity contribution is 5.95. The van der Waals surface area contributed by atoms with Crippen molar-refractivity contribution in [1.29, 1.82) is 0 Å². The van der Waals surface area contributed by atoms with Crippen molar-refractivity contribution in [3.63, 3.8) is 0 Å². The van der Waals surface area contributed by atoms with Crippen molar-refractivity contribution < 1.29 is 4.79 Å². The van der Waals surface area contributed by atoms with Crippen LogP contribution in [0.5, 0.6) is 0 Å². The Hall–Kier alpha value is -2.11. The van der Waals surface area contributed by atoms with E-state index in [1.165, 1.54) is 0 Å². The number of piperidine rings is 1. The highest BCUT2D eigenvalue weighted by atomic mass is 16.2. The van der Waals surface area contributed by atoms with Gasteiger partial charge in [-0.25, -0.2) is 0 Å². The topological polar surface area (TPSA) is 56.0 Å². The molecule has 3 rings (SSSR count). The van der Waals surface area contributed by atoms with E-state index in [0.29, 0.717) is 5.92 Å². The molecule has 118 valence electrons. The summed E-state index contributed by atoms with van der Waals surface area (Å²) in [5.74, 6) is 1.59. The molecule has 3 heterocycles. The lowest BCUT2D eigenvalue weighted by atomic mass is 9.95. The van der Waals surface area contributed by atoms with E-state index in [4.69, 9.17) is 0 Å². The minimum Gasteiger partial charge on any atom is -0.354 e. The van der Waals surface area contributed by atoms with Gasteiger partial charge >= 0.3 is 0 Å². The molecule has 2 aromatic heterocycles. The first kappa shape index (κ1) is 14.8. The third-order valence-corrected chi connectivity index (χ3v) is 4.66. The third-order valence-electron chi connectivity index (χ3n) is 4.66. The standard InChI is InChI=1S/C16H23N5O/c1-4-14-13(7-8-19(14)2)16(22)21-9-5-12(6-10-21)15-18-17-11-20(15)3/h7-8,11-12H,4-6,9-10H2,1-3H3. The third kappa shape index (κ3) is 2.53. The second-order valence-electron chi connectivity index (χ2n) is 6.01. The number of aromatic nitrogens is 4. The fourth-order valence-electron chi connectivity index (χ4n) is 3.37. The predicted molar refractivity (Wildman–Crippen MR) is 83.7 cm³/mol. The molecule has 6 heteroatoms. The van der Waals surface area contributed by atoms with Gasteiger partial charge in [-0.1, -0.05) is 6.92 Å². The molecular weight excluding hydrogens is 278 g/mol. The van der Waals surface area contributed by atoms with Crippen molar-refractivity contribution in [2.45, 2.75) is 32.1 Å². The van der Waals surface area contributed by atoms with Crippen LogP contribution in [-0.4, -0.2) is 43.2 Å². The number of aryl methyl sites for hydroxylation is 2. The number of rotatable bonds is 3. The van der Waals surface area contributed by atoms with Crippen molar-refractivity contribution in [2.24, 2.45) is 14.1 Å². The highest BCUT2D eigenvalue weighted by Gasteiger charge is 2.28. The van der Waals surface area contributed by atoms with Crippen molar-refractivity contribution in [3.8, 4) is 0 Å². The lowest BCUT2D eigenvalue weighted by Gasteiger charge is -2.31. The number of nitrogens with zero attached hydrogens (tertiary/aromatic N) is 5. The zero-order chi connectivity index (χ0) is 15.7. The van der Waals surface area contributed by atoms with Gasteiger partial charge in [-0.2, -0.15) is 0 Å². The van der Waals surface area contributed by atoms with Crippen LogP contribution in [0.2, 0.25) is 0 Å². The average Bonchev–Trinajstić information content (AvgIpc) is 3.12. The Bertz CT molecular complexity index is 664. The Morgan fingerprint density at radius 3 is 2.59 bits per heavy atom. The van der Waals surface area contributed by atoms with E-state index in [1.807, 2.05) is 40.4 Å². The van der Waals surface area contributed by atoms with Crippen LogP contribution < -0.4 is 0 Å². The van der Waals surface area contributed by atoms with Gasteiger partial charge in [-0.3, -0.25) is 4.79 Å². The van der Waals surface area contributed by atoms with Crippen molar-refractivity contribution in [1.82, 2.24) is 24.2 Å². The lowest BCUT2D eigenvalue weighted by molar-refractivity contribution is 0.0709. The summed E-state index contributed by atoms with van der Waals surface area (Å²) >= 11 is 0. The van der Waals surface area contributed by atoms with Crippen LogP contribution in [0.1, 0.15) is 47.6 Å². The molecule has 0 spiro atoms. The average molecular weight is 301 g/mol. The fourth-order valence-corrected chi connectivity index (χ4v) is 3.37. The summed E-state index contributed by atoms with van der Waals surface area (Å²) in [5.41, 5.74) is 1.96. The Morgan fingerprint density at radius 2 is 2.00 bits per heavy atom. The van der Waals surface area contributed by atoms with Gasteiger partial charge in [0, 0.05) is 45.0 Å². The van der Waals surface area contributed by atoms with E-state index < -0.39 is 0 Å². The summed E-state index contributed by atoms with van der Waals surface area (Å²) in [7, 11) is 3.97. The smallest absolute Gasteiger partial charge is 0.255 e. The summed E-state index contributed by atoms with van der Waals surface area (Å²) in [6.07, 6.45) is 6.49. The van der Waals surface area contributed by atoms with E-state index in [0.717, 1.165) is 49.4 Å². The van der Waals surface area contributed by atoms with Gasteiger partial charge < -0.3 is 14.0 Å². The number of carbonyl (C=O) groups excluding carboxylic acids is 1. The van der Waals surface area contributed by atoms with Gasteiger partial charge in [-0.15, -0.1) is 10.2 Å². The molecule has 0 saturated carbocycles. The van der Waals surface area contributed by atoms with Crippen LogP contribution in [0.15, 0.2) is 18.6 Å². The van der Waals surface area contributed by atoms with Gasteiger partial charge in [0.15, 0.2) is 0 Å². The van der Waals surface area contributed by atoms with Crippen LogP contribution in [0.4, 0.5) is 0 Å². The van der Waals surface area contributed by atoms with Gasteiger partial charge in [0.05, 0.1) is 5.56 Å². The number of likely N-dealkylation sites (tertiary alicyclic amines) is 1. The molecule has 0 radical (unpaired) electrons. The molecule has 6 nitrogen and oxygen atoms in total. The Morgan fingerprint density at radius 1 is 1.27 bits per heavy atom. The SMILES string of the molecule is CCc1c(C(=O)N2CCC(c3nncn3C)CC2)ccn1C. The maximum Gasteiger partial charge on any atom is 0.255 e. The maximum absolute atomic E-state index is 12.7. The molecule has 1 saturated heterocycles. The molecule has 0 aromatic carbocycles. The number of hydrogen-bond donors (Lipinski definition) is 0. The van der Waals surface area contributed by atoms with E-state index >= 15 is 0 Å². The van der Waals surface area contributed by atoms with Gasteiger partial charge in [-0.05, 0) is 25.3 Å². The zero-order valence-corrected chi connectivity index (χ0v) is 13.5.